The SMILES string of the molecule is CCC(CNC(=O)Cc1c[nH]c2ncccc12)(C(=O)O)c1ccccc1. The molecule has 6 nitrogen and oxygen atoms in total. The minimum Gasteiger partial charge on any atom is -0.481 e. The monoisotopic (exact) mass is 351 g/mol. The highest BCUT2D eigenvalue weighted by Crippen LogP contribution is 2.28. The Morgan fingerprint density at radius 3 is 2.65 bits per heavy atom. The van der Waals surface area contributed by atoms with E-state index in [0.29, 0.717) is 12.0 Å². The molecule has 0 spiro atoms. The standard InChI is InChI=1S/C20H21N3O3/c1-2-20(19(25)26,15-7-4-3-5-8-15)13-23-17(24)11-14-12-22-18-16(14)9-6-10-21-18/h3-10,12H,2,11,13H2,1H3,(H,21,22)(H,23,24)(H,25,26). The van der Waals surface area contributed by atoms with E-state index >= 15 is 0 Å². The second-order valence-corrected chi connectivity index (χ2v) is 6.27. The van der Waals surface area contributed by atoms with Crippen molar-refractivity contribution in [2.24, 2.45) is 0 Å². The summed E-state index contributed by atoms with van der Waals surface area (Å²) in [6.07, 6.45) is 3.99. The van der Waals surface area contributed by atoms with Crippen LogP contribution in [0.1, 0.15) is 24.5 Å². The zero-order chi connectivity index (χ0) is 18.6. The van der Waals surface area contributed by atoms with E-state index in [1.807, 2.05) is 37.3 Å². The summed E-state index contributed by atoms with van der Waals surface area (Å²) in [5.41, 5.74) is 1.11. The van der Waals surface area contributed by atoms with E-state index in [-0.39, 0.29) is 18.9 Å². The lowest BCUT2D eigenvalue weighted by molar-refractivity contribution is -0.144. The van der Waals surface area contributed by atoms with Crippen molar-refractivity contribution in [3.8, 4) is 0 Å². The first-order chi connectivity index (χ1) is 12.6. The van der Waals surface area contributed by atoms with Gasteiger partial charge in [-0.15, -0.1) is 0 Å². The van der Waals surface area contributed by atoms with Crippen molar-refractivity contribution in [3.05, 3.63) is 66.0 Å². The summed E-state index contributed by atoms with van der Waals surface area (Å²) in [7, 11) is 0. The van der Waals surface area contributed by atoms with Crippen LogP contribution in [0.2, 0.25) is 0 Å². The van der Waals surface area contributed by atoms with Gasteiger partial charge in [0.25, 0.3) is 0 Å². The summed E-state index contributed by atoms with van der Waals surface area (Å²) in [5, 5.41) is 13.5. The number of aromatic nitrogens is 2. The van der Waals surface area contributed by atoms with E-state index in [1.54, 1.807) is 24.5 Å². The van der Waals surface area contributed by atoms with Crippen LogP contribution in [0, 0.1) is 0 Å². The maximum absolute atomic E-state index is 12.4. The number of amides is 1. The predicted molar refractivity (Wildman–Crippen MR) is 98.9 cm³/mol. The second-order valence-electron chi connectivity index (χ2n) is 6.27. The number of aliphatic carboxylic acids is 1. The van der Waals surface area contributed by atoms with Crippen molar-refractivity contribution in [2.75, 3.05) is 6.54 Å². The predicted octanol–water partition coefficient (Wildman–Crippen LogP) is 2.65. The summed E-state index contributed by atoms with van der Waals surface area (Å²) in [5.74, 6) is -1.16. The molecule has 0 aliphatic rings. The maximum Gasteiger partial charge on any atom is 0.315 e. The van der Waals surface area contributed by atoms with Gasteiger partial charge in [-0.1, -0.05) is 37.3 Å². The van der Waals surface area contributed by atoms with Gasteiger partial charge in [0.15, 0.2) is 0 Å². The van der Waals surface area contributed by atoms with Crippen molar-refractivity contribution in [3.63, 3.8) is 0 Å². The highest BCUT2D eigenvalue weighted by atomic mass is 16.4. The lowest BCUT2D eigenvalue weighted by atomic mass is 9.78. The molecule has 26 heavy (non-hydrogen) atoms. The van der Waals surface area contributed by atoms with Gasteiger partial charge < -0.3 is 15.4 Å². The first-order valence-corrected chi connectivity index (χ1v) is 8.53. The van der Waals surface area contributed by atoms with Crippen LogP contribution in [-0.2, 0) is 21.4 Å². The molecule has 0 aliphatic heterocycles. The number of hydrogen-bond acceptors (Lipinski definition) is 3. The van der Waals surface area contributed by atoms with Crippen LogP contribution in [0.4, 0.5) is 0 Å². The van der Waals surface area contributed by atoms with Crippen molar-refractivity contribution in [1.29, 1.82) is 0 Å². The van der Waals surface area contributed by atoms with Gasteiger partial charge in [0.2, 0.25) is 5.91 Å². The molecule has 2 heterocycles. The number of rotatable bonds is 7. The Balaban J connectivity index is 1.75. The quantitative estimate of drug-likeness (QED) is 0.610. The van der Waals surface area contributed by atoms with Gasteiger partial charge in [0.1, 0.15) is 11.1 Å². The van der Waals surface area contributed by atoms with Gasteiger partial charge in [-0.05, 0) is 29.7 Å². The summed E-state index contributed by atoms with van der Waals surface area (Å²) in [6, 6.07) is 12.8. The molecule has 2 aromatic heterocycles. The number of H-pyrrole nitrogens is 1. The summed E-state index contributed by atoms with van der Waals surface area (Å²) in [6.45, 7) is 1.86. The van der Waals surface area contributed by atoms with Crippen LogP contribution in [0.15, 0.2) is 54.9 Å². The van der Waals surface area contributed by atoms with Crippen LogP contribution in [0.5, 0.6) is 0 Å². The van der Waals surface area contributed by atoms with Crippen LogP contribution < -0.4 is 5.32 Å². The average Bonchev–Trinajstić information content (AvgIpc) is 3.06. The molecule has 1 aromatic carbocycles. The zero-order valence-corrected chi connectivity index (χ0v) is 14.5. The fourth-order valence-electron chi connectivity index (χ4n) is 3.18. The molecule has 1 atom stereocenters. The molecule has 0 saturated carbocycles. The normalized spacial score (nSPS) is 13.3. The van der Waals surface area contributed by atoms with Crippen LogP contribution in [-0.4, -0.2) is 33.5 Å². The number of carboxylic acids is 1. The van der Waals surface area contributed by atoms with Crippen LogP contribution >= 0.6 is 0 Å². The van der Waals surface area contributed by atoms with Gasteiger partial charge in [-0.2, -0.15) is 0 Å². The van der Waals surface area contributed by atoms with Gasteiger partial charge in [0.05, 0.1) is 6.42 Å². The molecule has 6 heteroatoms. The average molecular weight is 351 g/mol. The van der Waals surface area contributed by atoms with Crippen molar-refractivity contribution >= 4 is 22.9 Å². The number of carbonyl (C=O) groups excluding carboxylic acids is 1. The van der Waals surface area contributed by atoms with Crippen LogP contribution in [0.3, 0.4) is 0 Å². The van der Waals surface area contributed by atoms with E-state index < -0.39 is 11.4 Å². The Kier molecular flexibility index (Phi) is 5.02. The number of carboxylic acid groups (broad SMARTS) is 1. The van der Waals surface area contributed by atoms with Gasteiger partial charge in [-0.25, -0.2) is 4.98 Å². The van der Waals surface area contributed by atoms with E-state index in [1.165, 1.54) is 0 Å². The number of aromatic amines is 1. The maximum atomic E-state index is 12.4. The molecular weight excluding hydrogens is 330 g/mol. The smallest absolute Gasteiger partial charge is 0.315 e. The third-order valence-corrected chi connectivity index (χ3v) is 4.81. The highest BCUT2D eigenvalue weighted by molar-refractivity contribution is 5.88. The van der Waals surface area contributed by atoms with Gasteiger partial charge in [0, 0.05) is 24.3 Å². The molecule has 134 valence electrons. The molecule has 0 fully saturated rings. The third kappa shape index (κ3) is 3.31. The van der Waals surface area contributed by atoms with E-state index in [0.717, 1.165) is 16.6 Å². The summed E-state index contributed by atoms with van der Waals surface area (Å²) < 4.78 is 0. The Bertz CT molecular complexity index is 920. The minimum atomic E-state index is -1.14. The van der Waals surface area contributed by atoms with E-state index in [9.17, 15) is 14.7 Å². The number of pyridine rings is 1. The molecular formula is C20H21N3O3. The topological polar surface area (TPSA) is 95.1 Å². The minimum absolute atomic E-state index is 0.0439. The van der Waals surface area contributed by atoms with Gasteiger partial charge >= 0.3 is 5.97 Å². The molecule has 3 N–H and O–H groups in total. The van der Waals surface area contributed by atoms with E-state index in [4.69, 9.17) is 0 Å². The van der Waals surface area contributed by atoms with Gasteiger partial charge in [-0.3, -0.25) is 9.59 Å². The Hall–Kier alpha value is -3.15. The highest BCUT2D eigenvalue weighted by Gasteiger charge is 2.38. The summed E-state index contributed by atoms with van der Waals surface area (Å²) in [4.78, 5) is 31.7. The first kappa shape index (κ1) is 17.7. The number of nitrogens with zero attached hydrogens (tertiary/aromatic N) is 1. The molecule has 3 rings (SSSR count). The number of nitrogens with one attached hydrogen (secondary N) is 2. The molecule has 0 saturated heterocycles. The first-order valence-electron chi connectivity index (χ1n) is 8.53. The molecule has 1 unspecified atom stereocenters. The molecule has 3 aromatic rings. The second kappa shape index (κ2) is 7.39. The Morgan fingerprint density at radius 1 is 1.19 bits per heavy atom. The molecule has 0 bridgehead atoms. The third-order valence-electron chi connectivity index (χ3n) is 4.81. The van der Waals surface area contributed by atoms with Crippen molar-refractivity contribution in [2.45, 2.75) is 25.2 Å². The molecule has 0 radical (unpaired) electrons. The number of hydrogen-bond donors (Lipinski definition) is 3. The Labute approximate surface area is 151 Å². The number of benzene rings is 1. The van der Waals surface area contributed by atoms with Crippen molar-refractivity contribution in [1.82, 2.24) is 15.3 Å². The van der Waals surface area contributed by atoms with E-state index in [2.05, 4.69) is 15.3 Å². The lowest BCUT2D eigenvalue weighted by Gasteiger charge is -2.29. The van der Waals surface area contributed by atoms with Crippen LogP contribution in [0.25, 0.3) is 11.0 Å². The molecule has 1 amide bonds. The summed E-state index contributed by atoms with van der Waals surface area (Å²) >= 11 is 0. The number of fused-ring (bicyclic) bond motifs is 1. The molecule has 0 aliphatic carbocycles. The zero-order valence-electron chi connectivity index (χ0n) is 14.5. The lowest BCUT2D eigenvalue weighted by Crippen LogP contribution is -2.46. The Morgan fingerprint density at radius 2 is 1.96 bits per heavy atom. The fraction of sp³-hybridized carbons (Fsp3) is 0.250. The van der Waals surface area contributed by atoms with Crippen molar-refractivity contribution < 1.29 is 14.7 Å². The number of carbonyl (C=O) groups is 2. The fourth-order valence-corrected chi connectivity index (χ4v) is 3.18. The largest absolute Gasteiger partial charge is 0.481 e.